The second-order valence-electron chi connectivity index (χ2n) is 7.68. The number of aryl methyl sites for hydroxylation is 3. The third kappa shape index (κ3) is 5.74. The number of benzene rings is 3. The minimum Gasteiger partial charge on any atom is -1.00 e. The molecule has 0 saturated carbocycles. The average molecular weight is 452 g/mol. The predicted octanol–water partition coefficient (Wildman–Crippen LogP) is 1.76. The number of para-hydroxylation sites is 3. The van der Waals surface area contributed by atoms with Crippen LogP contribution < -0.4 is 32.2 Å². The van der Waals surface area contributed by atoms with E-state index < -0.39 is 0 Å². The van der Waals surface area contributed by atoms with Crippen LogP contribution in [0.3, 0.4) is 0 Å². The highest BCUT2D eigenvalue weighted by Crippen LogP contribution is 2.18. The first-order chi connectivity index (χ1) is 15.2. The van der Waals surface area contributed by atoms with Crippen LogP contribution >= 0.6 is 0 Å². The molecule has 168 valence electrons. The highest BCUT2D eigenvalue weighted by molar-refractivity contribution is 5.73. The molecule has 0 saturated heterocycles. The van der Waals surface area contributed by atoms with Crippen molar-refractivity contribution in [1.82, 2.24) is 4.57 Å². The smallest absolute Gasteiger partial charge is 0.356 e. The number of nitrogen functional groups attached to an aromatic ring is 1. The molecule has 0 aliphatic heterocycles. The number of hydrogen-bond donors (Lipinski definition) is 1. The Hall–Kier alpha value is -3.18. The maximum absolute atomic E-state index is 6.56. The molecule has 0 atom stereocenters. The number of rotatable bonds is 10. The minimum absolute atomic E-state index is 0. The van der Waals surface area contributed by atoms with Crippen LogP contribution in [-0.2, 0) is 13.1 Å². The van der Waals surface area contributed by atoms with Gasteiger partial charge >= 0.3 is 5.95 Å². The Morgan fingerprint density at radius 1 is 0.781 bits per heavy atom. The monoisotopic (exact) mass is 451 g/mol. The lowest BCUT2D eigenvalue weighted by molar-refractivity contribution is -0.657. The molecular weight excluding hydrogens is 422 g/mol. The quantitative estimate of drug-likeness (QED) is 0.295. The first-order valence-corrected chi connectivity index (χ1v) is 10.9. The number of anilines is 1. The summed E-state index contributed by atoms with van der Waals surface area (Å²) in [6, 6.07) is 26.5. The summed E-state index contributed by atoms with van der Waals surface area (Å²) >= 11 is 0. The second kappa shape index (κ2) is 11.4. The fourth-order valence-corrected chi connectivity index (χ4v) is 3.76. The van der Waals surface area contributed by atoms with Crippen LogP contribution in [0.5, 0.6) is 11.5 Å². The van der Waals surface area contributed by atoms with Crippen molar-refractivity contribution in [3.05, 3.63) is 84.4 Å². The van der Waals surface area contributed by atoms with E-state index in [-0.39, 0.29) is 12.4 Å². The lowest BCUT2D eigenvalue weighted by Crippen LogP contribution is -3.00. The van der Waals surface area contributed by atoms with Crippen LogP contribution in [0, 0.1) is 6.92 Å². The Morgan fingerprint density at radius 2 is 1.41 bits per heavy atom. The topological polar surface area (TPSA) is 53.3 Å². The SMILES string of the molecule is Cc1ccc(OCCC[n+]2c(N)n(CCCOc3ccccc3)c3ccccc32)cc1.[Cl-]. The molecule has 3 aromatic carbocycles. The number of nitrogens with zero attached hydrogens (tertiary/aromatic N) is 2. The Balaban J connectivity index is 0.00000289. The van der Waals surface area contributed by atoms with E-state index in [4.69, 9.17) is 15.2 Å². The molecule has 5 nitrogen and oxygen atoms in total. The summed E-state index contributed by atoms with van der Waals surface area (Å²) in [5, 5.41) is 0. The van der Waals surface area contributed by atoms with E-state index in [0.29, 0.717) is 13.2 Å². The summed E-state index contributed by atoms with van der Waals surface area (Å²) in [4.78, 5) is 0. The third-order valence-electron chi connectivity index (χ3n) is 5.37. The molecule has 0 amide bonds. The lowest BCUT2D eigenvalue weighted by atomic mass is 10.2. The van der Waals surface area contributed by atoms with Crippen molar-refractivity contribution in [3.63, 3.8) is 0 Å². The zero-order chi connectivity index (χ0) is 21.5. The Bertz CT molecular complexity index is 1110. The largest absolute Gasteiger partial charge is 1.00 e. The van der Waals surface area contributed by atoms with E-state index in [2.05, 4.69) is 52.5 Å². The van der Waals surface area contributed by atoms with Gasteiger partial charge in [-0.25, -0.2) is 9.13 Å². The van der Waals surface area contributed by atoms with Gasteiger partial charge in [-0.1, -0.05) is 48.0 Å². The van der Waals surface area contributed by atoms with Gasteiger partial charge in [-0.2, -0.15) is 0 Å². The van der Waals surface area contributed by atoms with E-state index in [0.717, 1.165) is 54.4 Å². The summed E-state index contributed by atoms with van der Waals surface area (Å²) in [6.07, 6.45) is 1.77. The van der Waals surface area contributed by atoms with Crippen LogP contribution in [0.25, 0.3) is 11.0 Å². The zero-order valence-corrected chi connectivity index (χ0v) is 19.2. The number of aromatic nitrogens is 2. The highest BCUT2D eigenvalue weighted by Gasteiger charge is 2.20. The van der Waals surface area contributed by atoms with Crippen molar-refractivity contribution in [3.8, 4) is 11.5 Å². The first-order valence-electron chi connectivity index (χ1n) is 10.9. The van der Waals surface area contributed by atoms with Gasteiger partial charge in [0.05, 0.1) is 26.3 Å². The van der Waals surface area contributed by atoms with Gasteiger partial charge in [0.15, 0.2) is 0 Å². The third-order valence-corrected chi connectivity index (χ3v) is 5.37. The molecular formula is C26H30ClN3O2. The van der Waals surface area contributed by atoms with Gasteiger partial charge < -0.3 is 21.9 Å². The van der Waals surface area contributed by atoms with Crippen LogP contribution in [0.1, 0.15) is 18.4 Å². The van der Waals surface area contributed by atoms with E-state index in [1.54, 1.807) is 0 Å². The first kappa shape index (κ1) is 23.5. The molecule has 0 unspecified atom stereocenters. The molecule has 4 rings (SSSR count). The van der Waals surface area contributed by atoms with Gasteiger partial charge in [0, 0.05) is 12.8 Å². The average Bonchev–Trinajstić information content (AvgIpc) is 3.07. The van der Waals surface area contributed by atoms with E-state index in [1.807, 2.05) is 42.5 Å². The molecule has 0 aliphatic carbocycles. The fraction of sp³-hybridized carbons (Fsp3) is 0.269. The van der Waals surface area contributed by atoms with Crippen LogP contribution in [0.4, 0.5) is 5.95 Å². The number of halogens is 1. The van der Waals surface area contributed by atoms with Crippen molar-refractivity contribution in [2.75, 3.05) is 18.9 Å². The van der Waals surface area contributed by atoms with Crippen molar-refractivity contribution >= 4 is 17.0 Å². The van der Waals surface area contributed by atoms with Crippen molar-refractivity contribution < 1.29 is 26.4 Å². The maximum Gasteiger partial charge on any atom is 0.356 e. The van der Waals surface area contributed by atoms with Crippen molar-refractivity contribution in [1.29, 1.82) is 0 Å². The molecule has 0 fully saturated rings. The molecule has 0 bridgehead atoms. The van der Waals surface area contributed by atoms with Gasteiger partial charge in [0.2, 0.25) is 0 Å². The summed E-state index contributed by atoms with van der Waals surface area (Å²) in [7, 11) is 0. The van der Waals surface area contributed by atoms with Crippen molar-refractivity contribution in [2.45, 2.75) is 32.9 Å². The minimum atomic E-state index is 0. The second-order valence-corrected chi connectivity index (χ2v) is 7.68. The molecule has 4 aromatic rings. The van der Waals surface area contributed by atoms with Gasteiger partial charge in [-0.15, -0.1) is 0 Å². The van der Waals surface area contributed by atoms with Gasteiger partial charge in [-0.3, -0.25) is 5.73 Å². The summed E-state index contributed by atoms with van der Waals surface area (Å²) in [6.45, 7) is 5.00. The van der Waals surface area contributed by atoms with Gasteiger partial charge in [0.25, 0.3) is 0 Å². The standard InChI is InChI=1S/C26H29N3O2.ClH/c1-21-13-15-23(16-14-21)31-20-8-18-29-25-12-6-5-11-24(25)28(26(29)27)17-7-19-30-22-9-3-2-4-10-22;/h2-6,9-16,27H,7-8,17-20H2,1H3;1H. The Labute approximate surface area is 195 Å². The van der Waals surface area contributed by atoms with Crippen LogP contribution in [0.2, 0.25) is 0 Å². The Morgan fingerprint density at radius 3 is 2.16 bits per heavy atom. The number of ether oxygens (including phenoxy) is 2. The lowest BCUT2D eigenvalue weighted by Gasteiger charge is -2.07. The zero-order valence-electron chi connectivity index (χ0n) is 18.4. The molecule has 1 aromatic heterocycles. The van der Waals surface area contributed by atoms with Crippen LogP contribution in [-0.4, -0.2) is 17.8 Å². The predicted molar refractivity (Wildman–Crippen MR) is 124 cm³/mol. The summed E-state index contributed by atoms with van der Waals surface area (Å²) in [5.74, 6) is 2.58. The van der Waals surface area contributed by atoms with Crippen molar-refractivity contribution in [2.24, 2.45) is 0 Å². The number of fused-ring (bicyclic) bond motifs is 1. The number of nitrogens with two attached hydrogens (primary N) is 1. The normalized spacial score (nSPS) is 10.7. The molecule has 2 N–H and O–H groups in total. The van der Waals surface area contributed by atoms with E-state index >= 15 is 0 Å². The van der Waals surface area contributed by atoms with Gasteiger partial charge in [-0.05, 0) is 43.3 Å². The molecule has 0 spiro atoms. The molecule has 0 radical (unpaired) electrons. The fourth-order valence-electron chi connectivity index (χ4n) is 3.76. The Kier molecular flexibility index (Phi) is 8.40. The molecule has 6 heteroatoms. The van der Waals surface area contributed by atoms with Gasteiger partial charge in [0.1, 0.15) is 22.5 Å². The summed E-state index contributed by atoms with van der Waals surface area (Å²) < 4.78 is 16.1. The summed E-state index contributed by atoms with van der Waals surface area (Å²) in [5.41, 5.74) is 10.1. The molecule has 1 heterocycles. The van der Waals surface area contributed by atoms with E-state index in [1.165, 1.54) is 5.56 Å². The van der Waals surface area contributed by atoms with E-state index in [9.17, 15) is 0 Å². The molecule has 32 heavy (non-hydrogen) atoms. The molecule has 0 aliphatic rings. The highest BCUT2D eigenvalue weighted by atomic mass is 35.5. The van der Waals surface area contributed by atoms with Crippen LogP contribution in [0.15, 0.2) is 78.9 Å². The number of hydrogen-bond acceptors (Lipinski definition) is 3. The maximum atomic E-state index is 6.56. The number of imidazole rings is 1.